The summed E-state index contributed by atoms with van der Waals surface area (Å²) in [5, 5.41) is 0. The van der Waals surface area contributed by atoms with E-state index in [0.29, 0.717) is 0 Å². The zero-order valence-corrected chi connectivity index (χ0v) is 6.98. The Balaban J connectivity index is 3.70. The first-order valence-corrected chi connectivity index (χ1v) is 3.50. The fourth-order valence-corrected chi connectivity index (χ4v) is 0.603. The van der Waals surface area contributed by atoms with Crippen LogP contribution in [0.3, 0.4) is 0 Å². The van der Waals surface area contributed by atoms with Gasteiger partial charge in [-0.05, 0) is 0 Å². The van der Waals surface area contributed by atoms with Crippen LogP contribution in [0.4, 0.5) is 13.2 Å². The highest BCUT2D eigenvalue weighted by Crippen LogP contribution is 2.21. The molecule has 0 aromatic carbocycles. The lowest BCUT2D eigenvalue weighted by molar-refractivity contribution is -0.149. The molecule has 0 atom stereocenters. The van der Waals surface area contributed by atoms with Crippen LogP contribution in [-0.2, 0) is 14.3 Å². The molecule has 0 spiro atoms. The second-order valence-electron chi connectivity index (χ2n) is 2.41. The van der Waals surface area contributed by atoms with Gasteiger partial charge < -0.3 is 4.74 Å². The third-order valence-corrected chi connectivity index (χ3v) is 1.26. The molecule has 0 radical (unpaired) electrons. The van der Waals surface area contributed by atoms with Crippen LogP contribution in [0, 0.1) is 0 Å². The van der Waals surface area contributed by atoms with E-state index in [1.807, 2.05) is 0 Å². The van der Waals surface area contributed by atoms with Gasteiger partial charge in [0.1, 0.15) is 12.2 Å². The highest BCUT2D eigenvalue weighted by atomic mass is 19.4. The number of alkyl halides is 3. The Morgan fingerprint density at radius 1 is 1.31 bits per heavy atom. The van der Waals surface area contributed by atoms with E-state index in [1.54, 1.807) is 0 Å². The van der Waals surface area contributed by atoms with Crippen molar-refractivity contribution >= 4 is 11.8 Å². The van der Waals surface area contributed by atoms with E-state index in [2.05, 4.69) is 4.74 Å². The SMILES string of the molecule is COC(=O)CC(=O)CCC(F)(F)F. The molecule has 0 amide bonds. The molecule has 0 bridgehead atoms. The molecule has 0 aliphatic rings. The third kappa shape index (κ3) is 7.30. The topological polar surface area (TPSA) is 43.4 Å². The first-order chi connectivity index (χ1) is 5.85. The molecule has 0 aromatic heterocycles. The summed E-state index contributed by atoms with van der Waals surface area (Å²) in [6, 6.07) is 0. The van der Waals surface area contributed by atoms with Crippen molar-refractivity contribution < 1.29 is 27.5 Å². The van der Waals surface area contributed by atoms with Crippen LogP contribution in [0.5, 0.6) is 0 Å². The zero-order valence-electron chi connectivity index (χ0n) is 6.98. The lowest BCUT2D eigenvalue weighted by atomic mass is 10.1. The van der Waals surface area contributed by atoms with E-state index in [4.69, 9.17) is 0 Å². The van der Waals surface area contributed by atoms with Crippen LogP contribution in [0.2, 0.25) is 0 Å². The van der Waals surface area contributed by atoms with Gasteiger partial charge in [0.25, 0.3) is 0 Å². The summed E-state index contributed by atoms with van der Waals surface area (Å²) in [5.41, 5.74) is 0. The molecular weight excluding hydrogens is 189 g/mol. The van der Waals surface area contributed by atoms with Crippen molar-refractivity contribution in [2.24, 2.45) is 0 Å². The Bertz CT molecular complexity index is 198. The second-order valence-corrected chi connectivity index (χ2v) is 2.41. The van der Waals surface area contributed by atoms with Crippen LogP contribution in [-0.4, -0.2) is 25.0 Å². The monoisotopic (exact) mass is 198 g/mol. The van der Waals surface area contributed by atoms with Crippen molar-refractivity contribution in [3.05, 3.63) is 0 Å². The van der Waals surface area contributed by atoms with Crippen molar-refractivity contribution in [3.8, 4) is 0 Å². The Hall–Kier alpha value is -1.07. The van der Waals surface area contributed by atoms with Crippen LogP contribution in [0.1, 0.15) is 19.3 Å². The van der Waals surface area contributed by atoms with Gasteiger partial charge in [0.15, 0.2) is 0 Å². The molecule has 6 heteroatoms. The Kier molecular flexibility index (Phi) is 4.44. The number of carbonyl (C=O) groups excluding carboxylic acids is 2. The van der Waals surface area contributed by atoms with Gasteiger partial charge in [-0.2, -0.15) is 13.2 Å². The predicted octanol–water partition coefficient (Wildman–Crippen LogP) is 1.46. The van der Waals surface area contributed by atoms with Gasteiger partial charge >= 0.3 is 12.1 Å². The summed E-state index contributed by atoms with van der Waals surface area (Å²) < 4.78 is 38.8. The number of ether oxygens (including phenoxy) is 1. The molecule has 0 aliphatic heterocycles. The number of Topliss-reactive ketones (excluding diaryl/α,β-unsaturated/α-hetero) is 1. The van der Waals surface area contributed by atoms with E-state index < -0.39 is 37.2 Å². The number of rotatable bonds is 4. The highest BCUT2D eigenvalue weighted by molar-refractivity contribution is 5.95. The quantitative estimate of drug-likeness (QED) is 0.507. The van der Waals surface area contributed by atoms with Gasteiger partial charge in [0.05, 0.1) is 13.5 Å². The van der Waals surface area contributed by atoms with E-state index in [-0.39, 0.29) is 0 Å². The summed E-state index contributed by atoms with van der Waals surface area (Å²) in [6.07, 6.45) is -6.81. The predicted molar refractivity (Wildman–Crippen MR) is 36.9 cm³/mol. The maximum Gasteiger partial charge on any atom is 0.389 e. The number of carbonyl (C=O) groups is 2. The second kappa shape index (κ2) is 4.84. The van der Waals surface area contributed by atoms with E-state index in [9.17, 15) is 22.8 Å². The van der Waals surface area contributed by atoms with Gasteiger partial charge in [-0.15, -0.1) is 0 Å². The fraction of sp³-hybridized carbons (Fsp3) is 0.714. The average Bonchev–Trinajstić information content (AvgIpc) is 1.99. The van der Waals surface area contributed by atoms with Crippen LogP contribution in [0.25, 0.3) is 0 Å². The summed E-state index contributed by atoms with van der Waals surface area (Å²) in [5.74, 6) is -1.57. The summed E-state index contributed by atoms with van der Waals surface area (Å²) in [6.45, 7) is 0. The van der Waals surface area contributed by atoms with E-state index in [0.717, 1.165) is 7.11 Å². The number of hydrogen-bond donors (Lipinski definition) is 0. The van der Waals surface area contributed by atoms with E-state index >= 15 is 0 Å². The molecule has 0 unspecified atom stereocenters. The normalized spacial score (nSPS) is 11.1. The first kappa shape index (κ1) is 11.9. The molecule has 0 aromatic rings. The highest BCUT2D eigenvalue weighted by Gasteiger charge is 2.28. The Morgan fingerprint density at radius 3 is 2.23 bits per heavy atom. The van der Waals surface area contributed by atoms with Gasteiger partial charge in [-0.3, -0.25) is 9.59 Å². The van der Waals surface area contributed by atoms with Crippen molar-refractivity contribution in [3.63, 3.8) is 0 Å². The lowest BCUT2D eigenvalue weighted by Gasteiger charge is -2.04. The molecule has 0 heterocycles. The minimum absolute atomic E-state index is 0.591. The largest absolute Gasteiger partial charge is 0.469 e. The average molecular weight is 198 g/mol. The molecule has 0 fully saturated rings. The van der Waals surface area contributed by atoms with Crippen molar-refractivity contribution in [2.75, 3.05) is 7.11 Å². The standard InChI is InChI=1S/C7H9F3O3/c1-13-6(12)4-5(11)2-3-7(8,9)10/h2-4H2,1H3. The maximum absolute atomic E-state index is 11.6. The number of methoxy groups -OCH3 is 1. The van der Waals surface area contributed by atoms with Crippen LogP contribution >= 0.6 is 0 Å². The minimum atomic E-state index is -4.36. The molecule has 0 saturated carbocycles. The van der Waals surface area contributed by atoms with Gasteiger partial charge in [-0.25, -0.2) is 0 Å². The molecule has 0 N–H and O–H groups in total. The Morgan fingerprint density at radius 2 is 1.85 bits per heavy atom. The van der Waals surface area contributed by atoms with Gasteiger partial charge in [-0.1, -0.05) is 0 Å². The smallest absolute Gasteiger partial charge is 0.389 e. The zero-order chi connectivity index (χ0) is 10.5. The first-order valence-electron chi connectivity index (χ1n) is 3.50. The van der Waals surface area contributed by atoms with Crippen molar-refractivity contribution in [1.82, 2.24) is 0 Å². The molecule has 13 heavy (non-hydrogen) atoms. The number of ketones is 1. The third-order valence-electron chi connectivity index (χ3n) is 1.26. The molecular formula is C7H9F3O3. The van der Waals surface area contributed by atoms with E-state index in [1.165, 1.54) is 0 Å². The lowest BCUT2D eigenvalue weighted by Crippen LogP contribution is -2.14. The number of hydrogen-bond acceptors (Lipinski definition) is 3. The van der Waals surface area contributed by atoms with Gasteiger partial charge in [0, 0.05) is 6.42 Å². The fourth-order valence-electron chi connectivity index (χ4n) is 0.603. The molecule has 0 saturated heterocycles. The molecule has 0 rings (SSSR count). The molecule has 0 aliphatic carbocycles. The summed E-state index contributed by atoms with van der Waals surface area (Å²) in [4.78, 5) is 21.1. The molecule has 76 valence electrons. The van der Waals surface area contributed by atoms with Gasteiger partial charge in [0.2, 0.25) is 0 Å². The minimum Gasteiger partial charge on any atom is -0.469 e. The number of esters is 1. The summed E-state index contributed by atoms with van der Waals surface area (Å²) >= 11 is 0. The van der Waals surface area contributed by atoms with Crippen molar-refractivity contribution in [2.45, 2.75) is 25.4 Å². The molecule has 3 nitrogen and oxygen atoms in total. The summed E-state index contributed by atoms with van der Waals surface area (Å²) in [7, 11) is 1.07. The number of halogens is 3. The Labute approximate surface area is 72.9 Å². The van der Waals surface area contributed by atoms with Crippen molar-refractivity contribution in [1.29, 1.82) is 0 Å². The van der Waals surface area contributed by atoms with Crippen LogP contribution in [0.15, 0.2) is 0 Å². The maximum atomic E-state index is 11.6. The van der Waals surface area contributed by atoms with Crippen LogP contribution < -0.4 is 0 Å².